The first-order valence-corrected chi connectivity index (χ1v) is 8.08. The predicted octanol–water partition coefficient (Wildman–Crippen LogP) is 4.60. The van der Waals surface area contributed by atoms with Crippen LogP contribution >= 0.6 is 23.4 Å². The molecule has 1 fully saturated rings. The molecular weight excluding hydrogens is 262 g/mol. The zero-order valence-corrected chi connectivity index (χ0v) is 12.7. The second-order valence-electron chi connectivity index (χ2n) is 5.07. The Kier molecular flexibility index (Phi) is 5.40. The Hall–Kier alpha value is -0.180. The van der Waals surface area contributed by atoms with Gasteiger partial charge in [0.2, 0.25) is 0 Å². The van der Waals surface area contributed by atoms with Gasteiger partial charge in [-0.25, -0.2) is 0 Å². The third kappa shape index (κ3) is 3.43. The zero-order chi connectivity index (χ0) is 13.0. The summed E-state index contributed by atoms with van der Waals surface area (Å²) in [7, 11) is 2.08. The van der Waals surface area contributed by atoms with E-state index in [9.17, 15) is 0 Å². The van der Waals surface area contributed by atoms with Gasteiger partial charge in [0.25, 0.3) is 0 Å². The summed E-state index contributed by atoms with van der Waals surface area (Å²) < 4.78 is 0. The molecule has 0 heterocycles. The molecule has 0 aliphatic heterocycles. The highest BCUT2D eigenvalue weighted by molar-refractivity contribution is 8.00. The highest BCUT2D eigenvalue weighted by atomic mass is 35.5. The molecule has 3 atom stereocenters. The quantitative estimate of drug-likeness (QED) is 0.867. The summed E-state index contributed by atoms with van der Waals surface area (Å²) in [5.41, 5.74) is 0. The number of hydrogen-bond donors (Lipinski definition) is 1. The van der Waals surface area contributed by atoms with E-state index in [1.54, 1.807) is 0 Å². The molecule has 0 radical (unpaired) electrons. The molecule has 1 N–H and O–H groups in total. The maximum atomic E-state index is 6.26. The maximum Gasteiger partial charge on any atom is 0.0541 e. The van der Waals surface area contributed by atoms with E-state index in [1.807, 2.05) is 23.9 Å². The number of hydrogen-bond acceptors (Lipinski definition) is 2. The highest BCUT2D eigenvalue weighted by Gasteiger charge is 2.29. The molecule has 18 heavy (non-hydrogen) atoms. The Labute approximate surface area is 120 Å². The Morgan fingerprint density at radius 2 is 2.11 bits per heavy atom. The van der Waals surface area contributed by atoms with Gasteiger partial charge in [-0.3, -0.25) is 0 Å². The average molecular weight is 284 g/mol. The van der Waals surface area contributed by atoms with Crippen molar-refractivity contribution in [1.29, 1.82) is 0 Å². The number of benzene rings is 1. The molecule has 3 unspecified atom stereocenters. The summed E-state index contributed by atoms with van der Waals surface area (Å²) in [6, 6.07) is 8.81. The first-order valence-electron chi connectivity index (χ1n) is 6.83. The fourth-order valence-corrected chi connectivity index (χ4v) is 4.48. The maximum absolute atomic E-state index is 6.26. The summed E-state index contributed by atoms with van der Waals surface area (Å²) in [4.78, 5) is 1.22. The SMILES string of the molecule is CCC1CCC(NC)C(Sc2ccccc2Cl)C1. The van der Waals surface area contributed by atoms with Crippen LogP contribution in [0.4, 0.5) is 0 Å². The molecule has 1 aromatic rings. The molecule has 3 heteroatoms. The summed E-state index contributed by atoms with van der Waals surface area (Å²) in [5, 5.41) is 5.01. The van der Waals surface area contributed by atoms with Crippen LogP contribution in [0, 0.1) is 5.92 Å². The van der Waals surface area contributed by atoms with Gasteiger partial charge in [-0.2, -0.15) is 0 Å². The van der Waals surface area contributed by atoms with Crippen LogP contribution in [-0.4, -0.2) is 18.3 Å². The van der Waals surface area contributed by atoms with Crippen molar-refractivity contribution >= 4 is 23.4 Å². The standard InChI is InChI=1S/C15H22ClNS/c1-3-11-8-9-13(17-2)15(10-11)18-14-7-5-4-6-12(14)16/h4-7,11,13,15,17H,3,8-10H2,1-2H3. The minimum Gasteiger partial charge on any atom is -0.316 e. The van der Waals surface area contributed by atoms with E-state index in [-0.39, 0.29) is 0 Å². The molecule has 0 aromatic heterocycles. The molecule has 0 saturated heterocycles. The summed E-state index contributed by atoms with van der Waals surface area (Å²) in [6.07, 6.45) is 5.26. The van der Waals surface area contributed by atoms with Crippen molar-refractivity contribution < 1.29 is 0 Å². The molecule has 1 aliphatic carbocycles. The van der Waals surface area contributed by atoms with Gasteiger partial charge in [0, 0.05) is 16.2 Å². The first-order chi connectivity index (χ1) is 8.74. The van der Waals surface area contributed by atoms with Crippen molar-refractivity contribution in [2.75, 3.05) is 7.05 Å². The molecule has 0 spiro atoms. The molecular formula is C15H22ClNS. The minimum atomic E-state index is 0.620. The van der Waals surface area contributed by atoms with E-state index in [1.165, 1.54) is 30.6 Å². The fourth-order valence-electron chi connectivity index (χ4n) is 2.75. The van der Waals surface area contributed by atoms with Gasteiger partial charge in [0.1, 0.15) is 0 Å². The Morgan fingerprint density at radius 1 is 1.33 bits per heavy atom. The van der Waals surface area contributed by atoms with Crippen molar-refractivity contribution in [2.45, 2.75) is 48.8 Å². The normalized spacial score (nSPS) is 28.3. The topological polar surface area (TPSA) is 12.0 Å². The van der Waals surface area contributed by atoms with Crippen LogP contribution < -0.4 is 5.32 Å². The second kappa shape index (κ2) is 6.83. The van der Waals surface area contributed by atoms with Crippen LogP contribution in [0.25, 0.3) is 0 Å². The lowest BCUT2D eigenvalue weighted by Gasteiger charge is -2.35. The van der Waals surface area contributed by atoms with Crippen LogP contribution in [0.2, 0.25) is 5.02 Å². The van der Waals surface area contributed by atoms with Crippen LogP contribution in [-0.2, 0) is 0 Å². The number of rotatable bonds is 4. The molecule has 1 nitrogen and oxygen atoms in total. The van der Waals surface area contributed by atoms with E-state index in [0.29, 0.717) is 11.3 Å². The zero-order valence-electron chi connectivity index (χ0n) is 11.2. The largest absolute Gasteiger partial charge is 0.316 e. The predicted molar refractivity (Wildman–Crippen MR) is 81.6 cm³/mol. The van der Waals surface area contributed by atoms with E-state index in [2.05, 4.69) is 31.4 Å². The fraction of sp³-hybridized carbons (Fsp3) is 0.600. The van der Waals surface area contributed by atoms with Crippen LogP contribution in [0.1, 0.15) is 32.6 Å². The third-order valence-electron chi connectivity index (χ3n) is 3.96. The molecule has 1 aromatic carbocycles. The number of nitrogens with one attached hydrogen (secondary N) is 1. The third-order valence-corrected chi connectivity index (χ3v) is 5.84. The minimum absolute atomic E-state index is 0.620. The summed E-state index contributed by atoms with van der Waals surface area (Å²) in [6.45, 7) is 2.31. The van der Waals surface area contributed by atoms with Gasteiger partial charge >= 0.3 is 0 Å². The molecule has 1 saturated carbocycles. The highest BCUT2D eigenvalue weighted by Crippen LogP contribution is 2.39. The first kappa shape index (κ1) is 14.2. The van der Waals surface area contributed by atoms with Crippen molar-refractivity contribution in [3.63, 3.8) is 0 Å². The summed E-state index contributed by atoms with van der Waals surface area (Å²) in [5.74, 6) is 0.884. The number of halogens is 1. The molecule has 0 bridgehead atoms. The lowest BCUT2D eigenvalue weighted by molar-refractivity contribution is 0.304. The van der Waals surface area contributed by atoms with E-state index < -0.39 is 0 Å². The van der Waals surface area contributed by atoms with E-state index in [4.69, 9.17) is 11.6 Å². The Morgan fingerprint density at radius 3 is 2.78 bits per heavy atom. The Balaban J connectivity index is 2.07. The van der Waals surface area contributed by atoms with Gasteiger partial charge in [-0.15, -0.1) is 11.8 Å². The van der Waals surface area contributed by atoms with Crippen molar-refractivity contribution in [3.8, 4) is 0 Å². The monoisotopic (exact) mass is 283 g/mol. The second-order valence-corrected chi connectivity index (χ2v) is 6.76. The molecule has 0 amide bonds. The summed E-state index contributed by atoms with van der Waals surface area (Å²) >= 11 is 8.21. The average Bonchev–Trinajstić information content (AvgIpc) is 2.41. The molecule has 1 aliphatic rings. The van der Waals surface area contributed by atoms with Crippen LogP contribution in [0.3, 0.4) is 0 Å². The van der Waals surface area contributed by atoms with Gasteiger partial charge < -0.3 is 5.32 Å². The van der Waals surface area contributed by atoms with Crippen LogP contribution in [0.5, 0.6) is 0 Å². The lowest BCUT2D eigenvalue weighted by atomic mass is 9.84. The Bertz CT molecular complexity index is 383. The van der Waals surface area contributed by atoms with Crippen molar-refractivity contribution in [3.05, 3.63) is 29.3 Å². The van der Waals surface area contributed by atoms with Gasteiger partial charge in [0.15, 0.2) is 0 Å². The van der Waals surface area contributed by atoms with Crippen molar-refractivity contribution in [2.24, 2.45) is 5.92 Å². The lowest BCUT2D eigenvalue weighted by Crippen LogP contribution is -2.40. The van der Waals surface area contributed by atoms with Gasteiger partial charge in [-0.05, 0) is 44.4 Å². The van der Waals surface area contributed by atoms with Gasteiger partial charge in [-0.1, -0.05) is 37.1 Å². The molecule has 2 rings (SSSR count). The number of thioether (sulfide) groups is 1. The van der Waals surface area contributed by atoms with Crippen LogP contribution in [0.15, 0.2) is 29.2 Å². The smallest absolute Gasteiger partial charge is 0.0541 e. The van der Waals surface area contributed by atoms with Crippen molar-refractivity contribution in [1.82, 2.24) is 5.32 Å². The molecule has 100 valence electrons. The van der Waals surface area contributed by atoms with E-state index >= 15 is 0 Å². The van der Waals surface area contributed by atoms with Gasteiger partial charge in [0.05, 0.1) is 5.02 Å². The van der Waals surface area contributed by atoms with E-state index in [0.717, 1.165) is 10.9 Å².